The molecule has 5 nitrogen and oxygen atoms in total. The van der Waals surface area contributed by atoms with E-state index in [-0.39, 0.29) is 5.91 Å². The minimum absolute atomic E-state index is 0.000370. The third-order valence-corrected chi connectivity index (χ3v) is 2.05. The van der Waals surface area contributed by atoms with Crippen LogP contribution in [0.1, 0.15) is 6.42 Å². The van der Waals surface area contributed by atoms with E-state index in [0.717, 1.165) is 13.1 Å². The van der Waals surface area contributed by atoms with Crippen molar-refractivity contribution >= 4 is 11.7 Å². The Hall–Kier alpha value is -1.36. The minimum Gasteiger partial charge on any atom is -0.363 e. The second kappa shape index (κ2) is 3.57. The van der Waals surface area contributed by atoms with E-state index in [1.54, 1.807) is 6.07 Å². The first kappa shape index (κ1) is 8.25. The zero-order valence-electron chi connectivity index (χ0n) is 7.12. The van der Waals surface area contributed by atoms with Crippen LogP contribution in [-0.2, 0) is 4.79 Å². The zero-order valence-corrected chi connectivity index (χ0v) is 7.12. The molecule has 2 heterocycles. The highest BCUT2D eigenvalue weighted by Crippen LogP contribution is 2.10. The van der Waals surface area contributed by atoms with Gasteiger partial charge in [-0.25, -0.2) is 0 Å². The van der Waals surface area contributed by atoms with Crippen LogP contribution >= 0.6 is 0 Å². The van der Waals surface area contributed by atoms with Crippen LogP contribution in [0.15, 0.2) is 16.9 Å². The number of rotatable bonds is 3. The lowest BCUT2D eigenvalue weighted by atomic mass is 9.99. The molecule has 1 aliphatic heterocycles. The summed E-state index contributed by atoms with van der Waals surface area (Å²) in [6.07, 6.45) is 1.99. The number of carbonyl (C=O) groups is 1. The van der Waals surface area contributed by atoms with Gasteiger partial charge in [-0.05, 0) is 19.0 Å². The minimum atomic E-state index is 0.000370. The third-order valence-electron chi connectivity index (χ3n) is 2.05. The highest BCUT2D eigenvalue weighted by atomic mass is 16.5. The number of hydrogen-bond donors (Lipinski definition) is 2. The molecule has 2 N–H and O–H groups in total. The van der Waals surface area contributed by atoms with Gasteiger partial charge in [0.15, 0.2) is 5.82 Å². The SMILES string of the molecule is O=C(CC1CNC1)Nc1ccon1. The van der Waals surface area contributed by atoms with Gasteiger partial charge in [-0.1, -0.05) is 5.16 Å². The Morgan fingerprint density at radius 3 is 3.15 bits per heavy atom. The van der Waals surface area contributed by atoms with Crippen molar-refractivity contribution in [2.24, 2.45) is 5.92 Å². The van der Waals surface area contributed by atoms with Crippen LogP contribution in [0.2, 0.25) is 0 Å². The van der Waals surface area contributed by atoms with Gasteiger partial charge in [0.1, 0.15) is 6.26 Å². The van der Waals surface area contributed by atoms with Crippen molar-refractivity contribution in [1.82, 2.24) is 10.5 Å². The van der Waals surface area contributed by atoms with Crippen molar-refractivity contribution in [3.63, 3.8) is 0 Å². The summed E-state index contributed by atoms with van der Waals surface area (Å²) in [6.45, 7) is 1.87. The normalized spacial score (nSPS) is 16.6. The van der Waals surface area contributed by atoms with E-state index in [4.69, 9.17) is 0 Å². The maximum absolute atomic E-state index is 11.3. The highest BCUT2D eigenvalue weighted by Gasteiger charge is 2.20. The molecular formula is C8H11N3O2. The molecule has 0 aromatic carbocycles. The molecule has 0 aliphatic carbocycles. The molecule has 1 aromatic rings. The number of carbonyl (C=O) groups excluding carboxylic acids is 1. The van der Waals surface area contributed by atoms with Gasteiger partial charge >= 0.3 is 0 Å². The zero-order chi connectivity index (χ0) is 9.10. The van der Waals surface area contributed by atoms with E-state index in [2.05, 4.69) is 20.3 Å². The Morgan fingerprint density at radius 1 is 1.77 bits per heavy atom. The van der Waals surface area contributed by atoms with E-state index in [1.807, 2.05) is 0 Å². The summed E-state index contributed by atoms with van der Waals surface area (Å²) in [5.41, 5.74) is 0. The first-order valence-electron chi connectivity index (χ1n) is 4.25. The van der Waals surface area contributed by atoms with Gasteiger partial charge in [0.25, 0.3) is 0 Å². The molecule has 0 bridgehead atoms. The fourth-order valence-corrected chi connectivity index (χ4v) is 1.23. The molecule has 70 valence electrons. The molecule has 1 aromatic heterocycles. The van der Waals surface area contributed by atoms with Crippen molar-refractivity contribution in [2.45, 2.75) is 6.42 Å². The van der Waals surface area contributed by atoms with E-state index in [9.17, 15) is 4.79 Å². The fourth-order valence-electron chi connectivity index (χ4n) is 1.23. The van der Waals surface area contributed by atoms with Crippen LogP contribution in [0.3, 0.4) is 0 Å². The van der Waals surface area contributed by atoms with Gasteiger partial charge in [-0.2, -0.15) is 0 Å². The first-order valence-corrected chi connectivity index (χ1v) is 4.25. The van der Waals surface area contributed by atoms with Crippen molar-refractivity contribution in [3.8, 4) is 0 Å². The van der Waals surface area contributed by atoms with Crippen molar-refractivity contribution in [1.29, 1.82) is 0 Å². The van der Waals surface area contributed by atoms with Crippen LogP contribution in [0.25, 0.3) is 0 Å². The Morgan fingerprint density at radius 2 is 2.62 bits per heavy atom. The van der Waals surface area contributed by atoms with E-state index in [0.29, 0.717) is 18.2 Å². The van der Waals surface area contributed by atoms with Crippen molar-refractivity contribution in [2.75, 3.05) is 18.4 Å². The summed E-state index contributed by atoms with van der Waals surface area (Å²) in [4.78, 5) is 11.3. The van der Waals surface area contributed by atoms with Crippen LogP contribution in [0.4, 0.5) is 5.82 Å². The quantitative estimate of drug-likeness (QED) is 0.700. The maximum Gasteiger partial charge on any atom is 0.225 e. The van der Waals surface area contributed by atoms with Gasteiger partial charge in [-0.3, -0.25) is 4.79 Å². The van der Waals surface area contributed by atoms with Gasteiger partial charge < -0.3 is 15.2 Å². The molecule has 0 spiro atoms. The largest absolute Gasteiger partial charge is 0.363 e. The molecule has 0 saturated carbocycles. The average molecular weight is 181 g/mol. The lowest BCUT2D eigenvalue weighted by molar-refractivity contribution is -0.117. The van der Waals surface area contributed by atoms with Gasteiger partial charge in [0, 0.05) is 12.5 Å². The average Bonchev–Trinajstić information content (AvgIpc) is 2.49. The highest BCUT2D eigenvalue weighted by molar-refractivity contribution is 5.89. The molecule has 1 aliphatic rings. The number of amides is 1. The predicted molar refractivity (Wildman–Crippen MR) is 46.1 cm³/mol. The molecular weight excluding hydrogens is 170 g/mol. The van der Waals surface area contributed by atoms with E-state index < -0.39 is 0 Å². The summed E-state index contributed by atoms with van der Waals surface area (Å²) in [6, 6.07) is 1.62. The van der Waals surface area contributed by atoms with Gasteiger partial charge in [-0.15, -0.1) is 0 Å². The summed E-state index contributed by atoms with van der Waals surface area (Å²) in [5, 5.41) is 9.35. The first-order chi connectivity index (χ1) is 6.34. The maximum atomic E-state index is 11.3. The summed E-state index contributed by atoms with van der Waals surface area (Å²) >= 11 is 0. The molecule has 1 saturated heterocycles. The molecule has 1 amide bonds. The summed E-state index contributed by atoms with van der Waals surface area (Å²) < 4.78 is 4.58. The second-order valence-electron chi connectivity index (χ2n) is 3.16. The standard InChI is InChI=1S/C8H11N3O2/c12-8(3-6-4-9-5-6)10-7-1-2-13-11-7/h1-2,6,9H,3-5H2,(H,10,11,12). The molecule has 0 unspecified atom stereocenters. The van der Waals surface area contributed by atoms with Gasteiger partial charge in [0.2, 0.25) is 5.91 Å². The molecule has 5 heteroatoms. The topological polar surface area (TPSA) is 67.2 Å². The predicted octanol–water partition coefficient (Wildman–Crippen LogP) is 0.223. The molecule has 2 rings (SSSR count). The number of aromatic nitrogens is 1. The van der Waals surface area contributed by atoms with Crippen LogP contribution < -0.4 is 10.6 Å². The summed E-state index contributed by atoms with van der Waals surface area (Å²) in [7, 11) is 0. The van der Waals surface area contributed by atoms with Crippen molar-refractivity contribution < 1.29 is 9.32 Å². The number of hydrogen-bond acceptors (Lipinski definition) is 4. The fraction of sp³-hybridized carbons (Fsp3) is 0.500. The lowest BCUT2D eigenvalue weighted by Crippen LogP contribution is -2.43. The Kier molecular flexibility index (Phi) is 2.27. The lowest BCUT2D eigenvalue weighted by Gasteiger charge is -2.25. The Bertz CT molecular complexity index is 280. The third kappa shape index (κ3) is 2.06. The Labute approximate surface area is 75.5 Å². The second-order valence-corrected chi connectivity index (χ2v) is 3.16. The van der Waals surface area contributed by atoms with Crippen LogP contribution in [0, 0.1) is 5.92 Å². The smallest absolute Gasteiger partial charge is 0.225 e. The van der Waals surface area contributed by atoms with Crippen LogP contribution in [-0.4, -0.2) is 24.2 Å². The Balaban J connectivity index is 1.78. The molecule has 13 heavy (non-hydrogen) atoms. The molecule has 1 fully saturated rings. The number of nitrogens with zero attached hydrogens (tertiary/aromatic N) is 1. The number of anilines is 1. The number of nitrogens with one attached hydrogen (secondary N) is 2. The van der Waals surface area contributed by atoms with E-state index >= 15 is 0 Å². The monoisotopic (exact) mass is 181 g/mol. The van der Waals surface area contributed by atoms with Gasteiger partial charge in [0.05, 0.1) is 0 Å². The molecule has 0 radical (unpaired) electrons. The summed E-state index contributed by atoms with van der Waals surface area (Å²) in [5.74, 6) is 0.963. The van der Waals surface area contributed by atoms with Crippen LogP contribution in [0.5, 0.6) is 0 Å². The van der Waals surface area contributed by atoms with Crippen molar-refractivity contribution in [3.05, 3.63) is 12.3 Å². The van der Waals surface area contributed by atoms with E-state index in [1.165, 1.54) is 6.26 Å². The molecule has 0 atom stereocenters.